The largest absolute Gasteiger partial charge is 0.373 e. The lowest BCUT2D eigenvalue weighted by molar-refractivity contribution is 0.407. The predicted octanol–water partition coefficient (Wildman–Crippen LogP) is 2.57. The van der Waals surface area contributed by atoms with Gasteiger partial charge in [0.25, 0.3) is 0 Å². The summed E-state index contributed by atoms with van der Waals surface area (Å²) in [5.41, 5.74) is 3.26. The van der Waals surface area contributed by atoms with E-state index < -0.39 is 0 Å². The first-order valence-corrected chi connectivity index (χ1v) is 6.01. The van der Waals surface area contributed by atoms with Crippen LogP contribution in [0.5, 0.6) is 0 Å². The predicted molar refractivity (Wildman–Crippen MR) is 54.4 cm³/mol. The van der Waals surface area contributed by atoms with E-state index in [0.717, 1.165) is 6.61 Å². The van der Waals surface area contributed by atoms with Gasteiger partial charge in [-0.05, 0) is 42.2 Å². The monoisotopic (exact) mass is 194 g/mol. The lowest BCUT2D eigenvalue weighted by Gasteiger charge is -2.12. The number of thiophene rings is 1. The maximum atomic E-state index is 5.28. The summed E-state index contributed by atoms with van der Waals surface area (Å²) in [6.45, 7) is 0.991. The summed E-state index contributed by atoms with van der Waals surface area (Å²) in [5.74, 6) is 0. The van der Waals surface area contributed by atoms with Gasteiger partial charge in [-0.1, -0.05) is 0 Å². The number of hydrogen-bond donors (Lipinski definition) is 0. The zero-order valence-electron chi connectivity index (χ0n) is 7.71. The summed E-state index contributed by atoms with van der Waals surface area (Å²) < 4.78 is 5.28. The van der Waals surface area contributed by atoms with Crippen molar-refractivity contribution in [2.24, 2.45) is 0 Å². The van der Waals surface area contributed by atoms with E-state index in [-0.39, 0.29) is 0 Å². The molecule has 13 heavy (non-hydrogen) atoms. The van der Waals surface area contributed by atoms with Crippen molar-refractivity contribution in [3.63, 3.8) is 0 Å². The molecule has 3 rings (SSSR count). The molecule has 0 amide bonds. The average Bonchev–Trinajstić information content (AvgIpc) is 2.88. The van der Waals surface area contributed by atoms with Crippen LogP contribution in [0.4, 0.5) is 0 Å². The molecular formula is C11H14OS. The minimum absolute atomic E-state index is 0.556. The van der Waals surface area contributed by atoms with E-state index >= 15 is 0 Å². The molecule has 0 spiro atoms. The highest BCUT2D eigenvalue weighted by Crippen LogP contribution is 2.32. The van der Waals surface area contributed by atoms with E-state index in [0.29, 0.717) is 6.10 Å². The third-order valence-corrected chi connectivity index (χ3v) is 4.14. The standard InChI is InChI=1S/C11H14OS/c1-2-4-11-10(3-1)8(7-13-11)5-9-6-12-9/h7,9H,1-6H2. The highest BCUT2D eigenvalue weighted by atomic mass is 32.1. The van der Waals surface area contributed by atoms with E-state index in [1.54, 1.807) is 16.0 Å². The van der Waals surface area contributed by atoms with Crippen molar-refractivity contribution < 1.29 is 4.74 Å². The maximum absolute atomic E-state index is 5.28. The number of rotatable bonds is 2. The topological polar surface area (TPSA) is 12.5 Å². The summed E-state index contributed by atoms with van der Waals surface area (Å²) in [6, 6.07) is 0. The number of fused-ring (bicyclic) bond motifs is 1. The Bertz CT molecular complexity index is 312. The van der Waals surface area contributed by atoms with Crippen molar-refractivity contribution >= 4 is 11.3 Å². The van der Waals surface area contributed by atoms with Crippen LogP contribution in [0.15, 0.2) is 5.38 Å². The quantitative estimate of drug-likeness (QED) is 0.659. The number of ether oxygens (including phenoxy) is 1. The Labute approximate surface area is 82.7 Å². The summed E-state index contributed by atoms with van der Waals surface area (Å²) in [6.07, 6.45) is 7.16. The van der Waals surface area contributed by atoms with Crippen LogP contribution in [0.1, 0.15) is 28.8 Å². The average molecular weight is 194 g/mol. The first-order valence-electron chi connectivity index (χ1n) is 5.13. The van der Waals surface area contributed by atoms with Gasteiger partial charge in [-0.3, -0.25) is 0 Å². The third kappa shape index (κ3) is 1.53. The van der Waals surface area contributed by atoms with E-state index in [2.05, 4.69) is 5.38 Å². The Morgan fingerprint density at radius 3 is 3.08 bits per heavy atom. The van der Waals surface area contributed by atoms with Gasteiger partial charge in [0.05, 0.1) is 12.7 Å². The van der Waals surface area contributed by atoms with Crippen LogP contribution >= 0.6 is 11.3 Å². The molecule has 1 fully saturated rings. The van der Waals surface area contributed by atoms with Gasteiger partial charge in [0, 0.05) is 11.3 Å². The summed E-state index contributed by atoms with van der Waals surface area (Å²) >= 11 is 1.97. The van der Waals surface area contributed by atoms with Crippen molar-refractivity contribution in [3.8, 4) is 0 Å². The summed E-state index contributed by atoms with van der Waals surface area (Å²) in [5, 5.41) is 2.36. The normalized spacial score (nSPS) is 25.7. The first kappa shape index (κ1) is 8.01. The molecule has 1 aliphatic carbocycles. The highest BCUT2D eigenvalue weighted by Gasteiger charge is 2.25. The first-order chi connectivity index (χ1) is 6.43. The van der Waals surface area contributed by atoms with Crippen LogP contribution in [-0.2, 0) is 24.0 Å². The molecule has 2 aliphatic rings. The second-order valence-corrected chi connectivity index (χ2v) is 4.99. The van der Waals surface area contributed by atoms with Gasteiger partial charge in [0.1, 0.15) is 0 Å². The molecule has 1 unspecified atom stereocenters. The van der Waals surface area contributed by atoms with E-state index in [9.17, 15) is 0 Å². The zero-order valence-corrected chi connectivity index (χ0v) is 8.53. The van der Waals surface area contributed by atoms with Crippen LogP contribution in [0.25, 0.3) is 0 Å². The Morgan fingerprint density at radius 1 is 1.38 bits per heavy atom. The molecule has 0 aromatic carbocycles. The van der Waals surface area contributed by atoms with Gasteiger partial charge in [0.2, 0.25) is 0 Å². The molecule has 1 atom stereocenters. The minimum atomic E-state index is 0.556. The lowest BCUT2D eigenvalue weighted by atomic mass is 9.94. The van der Waals surface area contributed by atoms with Gasteiger partial charge in [-0.25, -0.2) is 0 Å². The second-order valence-electron chi connectivity index (χ2n) is 4.03. The van der Waals surface area contributed by atoms with Crippen molar-refractivity contribution in [2.45, 2.75) is 38.2 Å². The lowest BCUT2D eigenvalue weighted by Crippen LogP contribution is -2.02. The van der Waals surface area contributed by atoms with E-state index in [1.165, 1.54) is 32.1 Å². The zero-order chi connectivity index (χ0) is 8.67. The molecule has 1 nitrogen and oxygen atoms in total. The fourth-order valence-electron chi connectivity index (χ4n) is 2.16. The molecule has 1 aliphatic heterocycles. The summed E-state index contributed by atoms with van der Waals surface area (Å²) in [4.78, 5) is 1.65. The molecule has 0 bridgehead atoms. The van der Waals surface area contributed by atoms with Crippen molar-refractivity contribution in [1.82, 2.24) is 0 Å². The molecule has 2 heteroatoms. The Balaban J connectivity index is 1.86. The second kappa shape index (κ2) is 3.10. The van der Waals surface area contributed by atoms with Crippen molar-refractivity contribution in [2.75, 3.05) is 6.61 Å². The maximum Gasteiger partial charge on any atom is 0.0850 e. The minimum Gasteiger partial charge on any atom is -0.373 e. The highest BCUT2D eigenvalue weighted by molar-refractivity contribution is 7.10. The fourth-order valence-corrected chi connectivity index (χ4v) is 3.32. The molecule has 0 N–H and O–H groups in total. The van der Waals surface area contributed by atoms with Crippen molar-refractivity contribution in [1.29, 1.82) is 0 Å². The van der Waals surface area contributed by atoms with Crippen LogP contribution in [0.2, 0.25) is 0 Å². The third-order valence-electron chi connectivity index (χ3n) is 3.00. The molecular weight excluding hydrogens is 180 g/mol. The van der Waals surface area contributed by atoms with E-state index in [4.69, 9.17) is 4.74 Å². The Hall–Kier alpha value is -0.340. The van der Waals surface area contributed by atoms with Gasteiger partial charge < -0.3 is 4.74 Å². The van der Waals surface area contributed by atoms with Crippen LogP contribution < -0.4 is 0 Å². The summed E-state index contributed by atoms with van der Waals surface area (Å²) in [7, 11) is 0. The smallest absolute Gasteiger partial charge is 0.0850 e. The SMILES string of the molecule is c1sc2c(c1CC1CO1)CCCC2. The van der Waals surface area contributed by atoms with Crippen LogP contribution in [0.3, 0.4) is 0 Å². The molecule has 1 saturated heterocycles. The molecule has 0 saturated carbocycles. The van der Waals surface area contributed by atoms with Crippen LogP contribution in [0, 0.1) is 0 Å². The number of epoxide rings is 1. The molecule has 2 heterocycles. The molecule has 70 valence electrons. The van der Waals surface area contributed by atoms with Gasteiger partial charge in [-0.15, -0.1) is 11.3 Å². The molecule has 0 radical (unpaired) electrons. The van der Waals surface area contributed by atoms with Crippen molar-refractivity contribution in [3.05, 3.63) is 21.4 Å². The molecule has 1 aromatic heterocycles. The number of aryl methyl sites for hydroxylation is 1. The fraction of sp³-hybridized carbons (Fsp3) is 0.636. The number of hydrogen-bond acceptors (Lipinski definition) is 2. The Kier molecular flexibility index (Phi) is 1.91. The van der Waals surface area contributed by atoms with Gasteiger partial charge >= 0.3 is 0 Å². The van der Waals surface area contributed by atoms with Gasteiger partial charge in [0.15, 0.2) is 0 Å². The van der Waals surface area contributed by atoms with Crippen LogP contribution in [-0.4, -0.2) is 12.7 Å². The Morgan fingerprint density at radius 2 is 2.23 bits per heavy atom. The van der Waals surface area contributed by atoms with Gasteiger partial charge in [-0.2, -0.15) is 0 Å². The van der Waals surface area contributed by atoms with E-state index in [1.807, 2.05) is 11.3 Å². The molecule has 1 aromatic rings.